The highest BCUT2D eigenvalue weighted by molar-refractivity contribution is 5.80. The third kappa shape index (κ3) is 9.64. The second-order valence-corrected chi connectivity index (χ2v) is 10.3. The highest BCUT2D eigenvalue weighted by Gasteiger charge is 2.33. The molecule has 15 nitrogen and oxygen atoms in total. The molecule has 15 heteroatoms. The van der Waals surface area contributed by atoms with Gasteiger partial charge in [-0.2, -0.15) is 11.0 Å². The summed E-state index contributed by atoms with van der Waals surface area (Å²) in [6.07, 6.45) is -3.78. The average Bonchev–Trinajstić information content (AvgIpc) is 2.81. The number of carbonyl (C=O) groups excluding carboxylic acids is 3. The minimum atomic E-state index is -1.80. The first-order valence-corrected chi connectivity index (χ1v) is 11.8. The lowest BCUT2D eigenvalue weighted by atomic mass is 10.1. The largest absolute Gasteiger partial charge is 0.442 e. The molecule has 1 aliphatic heterocycles. The minimum Gasteiger partial charge on any atom is -0.442 e. The summed E-state index contributed by atoms with van der Waals surface area (Å²) in [5.41, 5.74) is 2.94. The number of amides is 3. The number of carbonyl (C=O) groups is 3. The van der Waals surface area contributed by atoms with Gasteiger partial charge in [-0.1, -0.05) is 0 Å². The second-order valence-electron chi connectivity index (χ2n) is 10.3. The molecular weight excluding hydrogens is 506 g/mol. The van der Waals surface area contributed by atoms with Crippen molar-refractivity contribution < 1.29 is 43.6 Å². The maximum Gasteiger partial charge on any atom is 0.431 e. The number of nitrogens with zero attached hydrogens (tertiary/aromatic N) is 3. The first-order chi connectivity index (χ1) is 17.6. The Morgan fingerprint density at radius 1 is 0.974 bits per heavy atom. The number of ether oxygens (including phenoxy) is 2. The lowest BCUT2D eigenvalue weighted by molar-refractivity contribution is -0.384. The minimum absolute atomic E-state index is 0.113. The third-order valence-corrected chi connectivity index (χ3v) is 4.85. The topological polar surface area (TPSA) is 182 Å². The monoisotopic (exact) mass is 541 g/mol. The number of nitro benzene ring substituents is 1. The predicted molar refractivity (Wildman–Crippen MR) is 133 cm³/mol. The van der Waals surface area contributed by atoms with E-state index < -0.39 is 40.5 Å². The van der Waals surface area contributed by atoms with Crippen LogP contribution in [0.25, 0.3) is 0 Å². The van der Waals surface area contributed by atoms with Gasteiger partial charge in [-0.25, -0.2) is 19.3 Å². The fourth-order valence-electron chi connectivity index (χ4n) is 3.32. The van der Waals surface area contributed by atoms with E-state index >= 15 is 0 Å². The third-order valence-electron chi connectivity index (χ3n) is 4.85. The van der Waals surface area contributed by atoms with Gasteiger partial charge in [0.25, 0.3) is 17.9 Å². The predicted octanol–water partition coefficient (Wildman–Crippen LogP) is 1.97. The highest BCUT2D eigenvalue weighted by atomic mass is 16.9. The molecule has 38 heavy (non-hydrogen) atoms. The van der Waals surface area contributed by atoms with Crippen LogP contribution in [0.1, 0.15) is 47.1 Å². The van der Waals surface area contributed by atoms with E-state index in [1.807, 2.05) is 11.0 Å². The van der Waals surface area contributed by atoms with E-state index in [0.717, 1.165) is 0 Å². The van der Waals surface area contributed by atoms with Gasteiger partial charge in [-0.15, -0.1) is 0 Å². The number of hydrogen-bond acceptors (Lipinski definition) is 11. The van der Waals surface area contributed by atoms with Crippen molar-refractivity contribution in [2.24, 2.45) is 0 Å². The van der Waals surface area contributed by atoms with E-state index in [0.29, 0.717) is 11.3 Å². The van der Waals surface area contributed by atoms with Gasteiger partial charge < -0.3 is 24.4 Å². The Kier molecular flexibility index (Phi) is 10.2. The average molecular weight is 542 g/mol. The molecule has 1 saturated heterocycles. The van der Waals surface area contributed by atoms with Gasteiger partial charge in [0, 0.05) is 32.2 Å². The van der Waals surface area contributed by atoms with Crippen LogP contribution in [-0.4, -0.2) is 76.7 Å². The Labute approximate surface area is 220 Å². The molecule has 1 heterocycles. The van der Waals surface area contributed by atoms with Crippen LogP contribution in [0.2, 0.25) is 0 Å². The van der Waals surface area contributed by atoms with Crippen molar-refractivity contribution in [1.29, 1.82) is 0 Å². The summed E-state index contributed by atoms with van der Waals surface area (Å²) in [5.74, 6) is -0.740. The van der Waals surface area contributed by atoms with Crippen LogP contribution in [-0.2, 0) is 30.6 Å². The molecule has 3 N–H and O–H groups in total. The number of hydrogen-bond donors (Lipinski definition) is 3. The van der Waals surface area contributed by atoms with Crippen molar-refractivity contribution in [2.75, 3.05) is 31.1 Å². The van der Waals surface area contributed by atoms with E-state index in [1.54, 1.807) is 46.4 Å². The van der Waals surface area contributed by atoms with Crippen molar-refractivity contribution >= 4 is 29.5 Å². The van der Waals surface area contributed by atoms with Gasteiger partial charge in [0.05, 0.1) is 11.5 Å². The summed E-state index contributed by atoms with van der Waals surface area (Å²) in [7, 11) is 0. The highest BCUT2D eigenvalue weighted by Crippen LogP contribution is 2.30. The molecule has 2 rings (SSSR count). The quantitative estimate of drug-likeness (QED) is 0.248. The Morgan fingerprint density at radius 2 is 1.47 bits per heavy atom. The zero-order valence-corrected chi connectivity index (χ0v) is 22.3. The standard InChI is InChI=1S/C23H35N5O10/c1-22(2,3)35-20(31)24-37-19(38-25-21(32)36-23(4,5)6)18(30)27-11-9-26(10-12-27)17-13-15(14-29)7-8-16(17)28(33)34/h7-8,13,19,29H,9-12,14H2,1-6H3,(H,24,31)(H,25,32). The van der Waals surface area contributed by atoms with E-state index in [2.05, 4.69) is 0 Å². The molecule has 212 valence electrons. The lowest BCUT2D eigenvalue weighted by Gasteiger charge is -2.36. The molecule has 0 atom stereocenters. The van der Waals surface area contributed by atoms with Crippen LogP contribution < -0.4 is 15.9 Å². The van der Waals surface area contributed by atoms with Crippen molar-refractivity contribution in [3.63, 3.8) is 0 Å². The van der Waals surface area contributed by atoms with E-state index in [-0.39, 0.29) is 38.5 Å². The fraction of sp³-hybridized carbons (Fsp3) is 0.609. The molecular formula is C23H35N5O10. The van der Waals surface area contributed by atoms with Crippen LogP contribution in [0.5, 0.6) is 0 Å². The molecule has 3 amide bonds. The first-order valence-electron chi connectivity index (χ1n) is 11.8. The number of aliphatic hydroxyl groups excluding tert-OH is 1. The fourth-order valence-corrected chi connectivity index (χ4v) is 3.32. The summed E-state index contributed by atoms with van der Waals surface area (Å²) in [4.78, 5) is 61.4. The molecule has 0 aromatic heterocycles. The number of anilines is 1. The van der Waals surface area contributed by atoms with Gasteiger partial charge in [0.2, 0.25) is 0 Å². The van der Waals surface area contributed by atoms with Crippen LogP contribution in [0.3, 0.4) is 0 Å². The van der Waals surface area contributed by atoms with Crippen LogP contribution in [0.15, 0.2) is 18.2 Å². The van der Waals surface area contributed by atoms with Crippen molar-refractivity contribution in [3.05, 3.63) is 33.9 Å². The molecule has 1 aromatic rings. The Balaban J connectivity index is 2.09. The summed E-state index contributed by atoms with van der Waals surface area (Å²) >= 11 is 0. The normalized spacial score (nSPS) is 14.2. The van der Waals surface area contributed by atoms with Gasteiger partial charge in [-0.3, -0.25) is 14.9 Å². The molecule has 0 unspecified atom stereocenters. The smallest absolute Gasteiger partial charge is 0.431 e. The summed E-state index contributed by atoms with van der Waals surface area (Å²) in [5, 5.41) is 20.9. The van der Waals surface area contributed by atoms with Gasteiger partial charge in [0.15, 0.2) is 0 Å². The van der Waals surface area contributed by atoms with Gasteiger partial charge in [-0.05, 0) is 59.2 Å². The maximum absolute atomic E-state index is 13.1. The molecule has 0 aliphatic carbocycles. The molecule has 1 fully saturated rings. The lowest BCUT2D eigenvalue weighted by Crippen LogP contribution is -2.54. The number of hydroxylamine groups is 2. The van der Waals surface area contributed by atoms with Crippen molar-refractivity contribution in [3.8, 4) is 0 Å². The summed E-state index contributed by atoms with van der Waals surface area (Å²) in [6, 6.07) is 4.32. The molecule has 0 bridgehead atoms. The molecule has 0 saturated carbocycles. The van der Waals surface area contributed by atoms with Crippen LogP contribution >= 0.6 is 0 Å². The van der Waals surface area contributed by atoms with E-state index in [4.69, 9.17) is 19.1 Å². The Hall–Kier alpha value is -3.69. The summed E-state index contributed by atoms with van der Waals surface area (Å²) in [6.45, 7) is 10.2. The van der Waals surface area contributed by atoms with Crippen molar-refractivity contribution in [2.45, 2.75) is 65.6 Å². The van der Waals surface area contributed by atoms with Crippen LogP contribution in [0.4, 0.5) is 21.0 Å². The number of aliphatic hydroxyl groups is 1. The number of nitro groups is 1. The number of rotatable bonds is 8. The molecule has 0 spiro atoms. The van der Waals surface area contributed by atoms with E-state index in [9.17, 15) is 29.6 Å². The van der Waals surface area contributed by atoms with E-state index in [1.165, 1.54) is 23.1 Å². The summed E-state index contributed by atoms with van der Waals surface area (Å²) < 4.78 is 10.1. The Bertz CT molecular complexity index is 981. The van der Waals surface area contributed by atoms with Crippen molar-refractivity contribution in [1.82, 2.24) is 15.9 Å². The SMILES string of the molecule is CC(C)(C)OC(=O)NOC(ONC(=O)OC(C)(C)C)C(=O)N1CCN(c2cc(CO)ccc2[N+](=O)[O-])CC1. The number of nitrogens with one attached hydrogen (secondary N) is 2. The van der Waals surface area contributed by atoms with Crippen LogP contribution in [0, 0.1) is 10.1 Å². The zero-order chi connectivity index (χ0) is 28.7. The molecule has 1 aromatic carbocycles. The Morgan fingerprint density at radius 3 is 1.89 bits per heavy atom. The first kappa shape index (κ1) is 30.5. The molecule has 0 radical (unpaired) electrons. The second kappa shape index (κ2) is 12.7. The number of piperazine rings is 1. The molecule has 1 aliphatic rings. The van der Waals surface area contributed by atoms with Gasteiger partial charge in [0.1, 0.15) is 16.9 Å². The zero-order valence-electron chi connectivity index (χ0n) is 22.3. The maximum atomic E-state index is 13.1. The number of benzene rings is 1. The van der Waals surface area contributed by atoms with Gasteiger partial charge >= 0.3 is 12.2 Å².